The molecule has 1 saturated heterocycles. The minimum absolute atomic E-state index is 0.0610. The van der Waals surface area contributed by atoms with Crippen molar-refractivity contribution >= 4 is 5.91 Å². The highest BCUT2D eigenvalue weighted by Crippen LogP contribution is 2.32. The highest BCUT2D eigenvalue weighted by atomic mass is 16.2. The molecule has 1 amide bonds. The summed E-state index contributed by atoms with van der Waals surface area (Å²) < 4.78 is 0. The Bertz CT molecular complexity index is 332. The standard InChI is InChI=1S/C12H19N3O/c1-12(2)11(16)14-9-5-3-4-6-10(9)15(12)8-7-13/h9-10H,3-6,8H2,1-2H3,(H,14,16). The van der Waals surface area contributed by atoms with Gasteiger partial charge in [-0.2, -0.15) is 5.26 Å². The van der Waals surface area contributed by atoms with Crippen LogP contribution >= 0.6 is 0 Å². The Hall–Kier alpha value is -1.08. The molecule has 0 aromatic rings. The molecule has 16 heavy (non-hydrogen) atoms. The second kappa shape index (κ2) is 4.06. The summed E-state index contributed by atoms with van der Waals surface area (Å²) in [4.78, 5) is 14.1. The van der Waals surface area contributed by atoms with Gasteiger partial charge in [0.1, 0.15) is 0 Å². The Balaban J connectivity index is 2.26. The summed E-state index contributed by atoms with van der Waals surface area (Å²) in [5.41, 5.74) is -0.547. The molecule has 0 aromatic carbocycles. The summed E-state index contributed by atoms with van der Waals surface area (Å²) in [5.74, 6) is 0.0610. The number of carbonyl (C=O) groups excluding carboxylic acids is 1. The monoisotopic (exact) mass is 221 g/mol. The number of rotatable bonds is 1. The van der Waals surface area contributed by atoms with Gasteiger partial charge in [-0.1, -0.05) is 12.8 Å². The molecule has 2 rings (SSSR count). The Morgan fingerprint density at radius 2 is 2.19 bits per heavy atom. The Kier molecular flexibility index (Phi) is 2.90. The first-order valence-electron chi connectivity index (χ1n) is 6.02. The van der Waals surface area contributed by atoms with Crippen LogP contribution in [0.5, 0.6) is 0 Å². The molecule has 1 N–H and O–H groups in total. The largest absolute Gasteiger partial charge is 0.350 e. The molecule has 2 unspecified atom stereocenters. The highest BCUT2D eigenvalue weighted by molar-refractivity contribution is 5.86. The van der Waals surface area contributed by atoms with Gasteiger partial charge in [0.2, 0.25) is 5.91 Å². The van der Waals surface area contributed by atoms with Crippen molar-refractivity contribution in [2.24, 2.45) is 0 Å². The lowest BCUT2D eigenvalue weighted by Gasteiger charge is -2.51. The third-order valence-electron chi connectivity index (χ3n) is 3.96. The number of piperazine rings is 1. The van der Waals surface area contributed by atoms with Gasteiger partial charge in [-0.05, 0) is 26.7 Å². The van der Waals surface area contributed by atoms with Crippen molar-refractivity contribution in [2.45, 2.75) is 57.2 Å². The van der Waals surface area contributed by atoms with E-state index < -0.39 is 5.54 Å². The van der Waals surface area contributed by atoms with Crippen LogP contribution in [0.15, 0.2) is 0 Å². The van der Waals surface area contributed by atoms with Gasteiger partial charge < -0.3 is 5.32 Å². The van der Waals surface area contributed by atoms with E-state index in [9.17, 15) is 4.79 Å². The molecule has 2 aliphatic rings. The van der Waals surface area contributed by atoms with Crippen LogP contribution in [0.4, 0.5) is 0 Å². The molecule has 1 aliphatic heterocycles. The van der Waals surface area contributed by atoms with Crippen LogP contribution in [0.25, 0.3) is 0 Å². The maximum atomic E-state index is 12.0. The lowest BCUT2D eigenvalue weighted by molar-refractivity contribution is -0.141. The van der Waals surface area contributed by atoms with Crippen molar-refractivity contribution < 1.29 is 4.79 Å². The minimum Gasteiger partial charge on any atom is -0.350 e. The van der Waals surface area contributed by atoms with Gasteiger partial charge in [0, 0.05) is 12.1 Å². The third-order valence-corrected chi connectivity index (χ3v) is 3.96. The number of fused-ring (bicyclic) bond motifs is 1. The summed E-state index contributed by atoms with van der Waals surface area (Å²) in [6.07, 6.45) is 4.53. The van der Waals surface area contributed by atoms with Crippen molar-refractivity contribution in [3.8, 4) is 6.07 Å². The molecule has 0 spiro atoms. The zero-order valence-corrected chi connectivity index (χ0v) is 9.99. The third kappa shape index (κ3) is 1.69. The fourth-order valence-corrected chi connectivity index (χ4v) is 2.93. The number of nitrogens with one attached hydrogen (secondary N) is 1. The molecule has 1 aliphatic carbocycles. The van der Waals surface area contributed by atoms with Crippen molar-refractivity contribution in [1.29, 1.82) is 5.26 Å². The molecule has 4 heteroatoms. The van der Waals surface area contributed by atoms with E-state index in [2.05, 4.69) is 16.3 Å². The van der Waals surface area contributed by atoms with Gasteiger partial charge >= 0.3 is 0 Å². The van der Waals surface area contributed by atoms with Gasteiger partial charge in [0.15, 0.2) is 0 Å². The van der Waals surface area contributed by atoms with Crippen LogP contribution in [0, 0.1) is 11.3 Å². The average Bonchev–Trinajstić information content (AvgIpc) is 2.25. The number of nitrogens with zero attached hydrogens (tertiary/aromatic N) is 2. The fraction of sp³-hybridized carbons (Fsp3) is 0.833. The van der Waals surface area contributed by atoms with E-state index in [0.29, 0.717) is 12.6 Å². The Morgan fingerprint density at radius 1 is 1.50 bits per heavy atom. The van der Waals surface area contributed by atoms with Crippen LogP contribution in [-0.4, -0.2) is 35.0 Å². The van der Waals surface area contributed by atoms with Crippen LogP contribution in [0.2, 0.25) is 0 Å². The average molecular weight is 221 g/mol. The highest BCUT2D eigenvalue weighted by Gasteiger charge is 2.47. The van der Waals surface area contributed by atoms with Gasteiger partial charge in [0.05, 0.1) is 18.2 Å². The first-order chi connectivity index (χ1) is 7.57. The van der Waals surface area contributed by atoms with E-state index in [-0.39, 0.29) is 11.9 Å². The first-order valence-corrected chi connectivity index (χ1v) is 6.02. The van der Waals surface area contributed by atoms with E-state index in [0.717, 1.165) is 12.8 Å². The summed E-state index contributed by atoms with van der Waals surface area (Å²) in [6, 6.07) is 2.79. The molecular formula is C12H19N3O. The predicted molar refractivity (Wildman–Crippen MR) is 60.6 cm³/mol. The van der Waals surface area contributed by atoms with Crippen LogP contribution in [0.1, 0.15) is 39.5 Å². The normalized spacial score (nSPS) is 33.7. The number of hydrogen-bond donors (Lipinski definition) is 1. The van der Waals surface area contributed by atoms with E-state index in [1.165, 1.54) is 12.8 Å². The molecule has 2 atom stereocenters. The lowest BCUT2D eigenvalue weighted by Crippen LogP contribution is -2.70. The zero-order chi connectivity index (χ0) is 11.8. The van der Waals surface area contributed by atoms with Crippen molar-refractivity contribution in [2.75, 3.05) is 6.54 Å². The fourth-order valence-electron chi connectivity index (χ4n) is 2.93. The van der Waals surface area contributed by atoms with E-state index in [1.807, 2.05) is 13.8 Å². The van der Waals surface area contributed by atoms with E-state index in [1.54, 1.807) is 0 Å². The van der Waals surface area contributed by atoms with Crippen molar-refractivity contribution in [1.82, 2.24) is 10.2 Å². The van der Waals surface area contributed by atoms with Crippen molar-refractivity contribution in [3.63, 3.8) is 0 Å². The zero-order valence-electron chi connectivity index (χ0n) is 9.99. The predicted octanol–water partition coefficient (Wildman–Crippen LogP) is 1.03. The molecule has 2 fully saturated rings. The maximum Gasteiger partial charge on any atom is 0.240 e. The first kappa shape index (κ1) is 11.4. The number of carbonyl (C=O) groups is 1. The molecule has 0 bridgehead atoms. The van der Waals surface area contributed by atoms with E-state index in [4.69, 9.17) is 5.26 Å². The summed E-state index contributed by atoms with van der Waals surface area (Å²) >= 11 is 0. The van der Waals surface area contributed by atoms with Crippen molar-refractivity contribution in [3.05, 3.63) is 0 Å². The lowest BCUT2D eigenvalue weighted by atomic mass is 9.82. The van der Waals surface area contributed by atoms with Gasteiger partial charge in [-0.3, -0.25) is 9.69 Å². The maximum absolute atomic E-state index is 12.0. The number of amides is 1. The Labute approximate surface area is 96.6 Å². The van der Waals surface area contributed by atoms with E-state index >= 15 is 0 Å². The Morgan fingerprint density at radius 3 is 2.88 bits per heavy atom. The molecule has 0 aromatic heterocycles. The molecule has 4 nitrogen and oxygen atoms in total. The molecule has 88 valence electrons. The summed E-state index contributed by atoms with van der Waals surface area (Å²) in [7, 11) is 0. The quantitative estimate of drug-likeness (QED) is 0.673. The SMILES string of the molecule is CC1(C)C(=O)NC2CCCCC2N1CC#N. The van der Waals surface area contributed by atoms with Crippen LogP contribution < -0.4 is 5.32 Å². The summed E-state index contributed by atoms with van der Waals surface area (Å²) in [6.45, 7) is 4.16. The van der Waals surface area contributed by atoms with Gasteiger partial charge in [0.25, 0.3) is 0 Å². The summed E-state index contributed by atoms with van der Waals surface area (Å²) in [5, 5.41) is 12.0. The van der Waals surface area contributed by atoms with Gasteiger partial charge in [-0.25, -0.2) is 0 Å². The molecule has 0 radical (unpaired) electrons. The minimum atomic E-state index is -0.547. The second-order valence-electron chi connectivity index (χ2n) is 5.28. The van der Waals surface area contributed by atoms with Gasteiger partial charge in [-0.15, -0.1) is 0 Å². The smallest absolute Gasteiger partial charge is 0.240 e. The molecular weight excluding hydrogens is 202 g/mol. The second-order valence-corrected chi connectivity index (χ2v) is 5.28. The molecule has 1 saturated carbocycles. The number of nitriles is 1. The van der Waals surface area contributed by atoms with Crippen LogP contribution in [-0.2, 0) is 4.79 Å². The molecule has 1 heterocycles. The van der Waals surface area contributed by atoms with Crippen LogP contribution in [0.3, 0.4) is 0 Å². The topological polar surface area (TPSA) is 56.1 Å². The number of hydrogen-bond acceptors (Lipinski definition) is 3.